The molecule has 0 saturated heterocycles. The minimum atomic E-state index is -0.823. The van der Waals surface area contributed by atoms with Crippen LogP contribution >= 0.6 is 0 Å². The van der Waals surface area contributed by atoms with E-state index in [1.165, 1.54) is 12.1 Å². The Labute approximate surface area is 141 Å². The van der Waals surface area contributed by atoms with Crippen molar-refractivity contribution in [2.24, 2.45) is 0 Å². The van der Waals surface area contributed by atoms with Gasteiger partial charge in [-0.05, 0) is 38.0 Å². The molecule has 5 heteroatoms. The number of halogens is 1. The highest BCUT2D eigenvalue weighted by molar-refractivity contribution is 6.06. The SMILES string of the molecule is Cc1cc(C(=O)NCC2(O)CCCCCC2)c2ccc(F)cc2n1. The van der Waals surface area contributed by atoms with Gasteiger partial charge in [-0.25, -0.2) is 4.39 Å². The van der Waals surface area contributed by atoms with Crippen LogP contribution < -0.4 is 5.32 Å². The van der Waals surface area contributed by atoms with Gasteiger partial charge in [0.15, 0.2) is 0 Å². The van der Waals surface area contributed by atoms with Gasteiger partial charge >= 0.3 is 0 Å². The lowest BCUT2D eigenvalue weighted by Gasteiger charge is -2.27. The van der Waals surface area contributed by atoms with Crippen LogP contribution in [0.5, 0.6) is 0 Å². The molecule has 2 N–H and O–H groups in total. The second-order valence-electron chi connectivity index (χ2n) is 6.79. The molecule has 0 atom stereocenters. The van der Waals surface area contributed by atoms with E-state index in [-0.39, 0.29) is 18.3 Å². The lowest BCUT2D eigenvalue weighted by Crippen LogP contribution is -2.42. The molecule has 0 aliphatic heterocycles. The standard InChI is InChI=1S/C19H23FN2O2/c1-13-10-16(15-7-6-14(20)11-17(15)22-13)18(23)21-12-19(24)8-4-2-3-5-9-19/h6-7,10-11,24H,2-5,8-9,12H2,1H3,(H,21,23). The number of aromatic nitrogens is 1. The van der Waals surface area contributed by atoms with Crippen LogP contribution in [0.15, 0.2) is 24.3 Å². The second-order valence-corrected chi connectivity index (χ2v) is 6.79. The number of nitrogens with zero attached hydrogens (tertiary/aromatic N) is 1. The van der Waals surface area contributed by atoms with Crippen LogP contribution in [0.4, 0.5) is 4.39 Å². The number of nitrogens with one attached hydrogen (secondary N) is 1. The van der Waals surface area contributed by atoms with Crippen LogP contribution in [0, 0.1) is 12.7 Å². The predicted molar refractivity (Wildman–Crippen MR) is 91.4 cm³/mol. The number of carbonyl (C=O) groups is 1. The average molecular weight is 330 g/mol. The lowest BCUT2D eigenvalue weighted by molar-refractivity contribution is 0.0246. The van der Waals surface area contributed by atoms with Gasteiger partial charge in [0.2, 0.25) is 0 Å². The fraction of sp³-hybridized carbons (Fsp3) is 0.474. The molecular weight excluding hydrogens is 307 g/mol. The second kappa shape index (κ2) is 6.85. The Morgan fingerprint density at radius 2 is 1.96 bits per heavy atom. The molecule has 0 spiro atoms. The maximum atomic E-state index is 13.4. The van der Waals surface area contributed by atoms with Crippen molar-refractivity contribution in [3.63, 3.8) is 0 Å². The van der Waals surface area contributed by atoms with E-state index in [1.807, 2.05) is 0 Å². The Bertz CT molecular complexity index is 747. The smallest absolute Gasteiger partial charge is 0.252 e. The van der Waals surface area contributed by atoms with E-state index in [1.54, 1.807) is 19.1 Å². The van der Waals surface area contributed by atoms with Gasteiger partial charge in [-0.3, -0.25) is 9.78 Å². The molecule has 1 saturated carbocycles. The molecule has 0 bridgehead atoms. The molecule has 3 rings (SSSR count). The summed E-state index contributed by atoms with van der Waals surface area (Å²) in [4.78, 5) is 16.9. The number of aryl methyl sites for hydroxylation is 1. The van der Waals surface area contributed by atoms with E-state index >= 15 is 0 Å². The fourth-order valence-electron chi connectivity index (χ4n) is 3.43. The quantitative estimate of drug-likeness (QED) is 0.847. The summed E-state index contributed by atoms with van der Waals surface area (Å²) in [6.45, 7) is 2.02. The third-order valence-electron chi connectivity index (χ3n) is 4.76. The van der Waals surface area contributed by atoms with Gasteiger partial charge in [0, 0.05) is 23.7 Å². The van der Waals surface area contributed by atoms with Crippen molar-refractivity contribution in [1.29, 1.82) is 0 Å². The number of aliphatic hydroxyl groups is 1. The zero-order chi connectivity index (χ0) is 17.2. The average Bonchev–Trinajstić information content (AvgIpc) is 2.76. The molecule has 0 unspecified atom stereocenters. The first-order valence-corrected chi connectivity index (χ1v) is 8.54. The van der Waals surface area contributed by atoms with Crippen molar-refractivity contribution in [2.45, 2.75) is 51.0 Å². The van der Waals surface area contributed by atoms with E-state index in [9.17, 15) is 14.3 Å². The molecule has 0 radical (unpaired) electrons. The van der Waals surface area contributed by atoms with E-state index in [0.717, 1.165) is 25.7 Å². The number of fused-ring (bicyclic) bond motifs is 1. The van der Waals surface area contributed by atoms with Gasteiger partial charge in [-0.2, -0.15) is 0 Å². The van der Waals surface area contributed by atoms with Gasteiger partial charge in [0.25, 0.3) is 5.91 Å². The number of benzene rings is 1. The number of amides is 1. The molecule has 1 amide bonds. The Morgan fingerprint density at radius 3 is 2.67 bits per heavy atom. The van der Waals surface area contributed by atoms with Gasteiger partial charge in [-0.15, -0.1) is 0 Å². The molecule has 128 valence electrons. The maximum Gasteiger partial charge on any atom is 0.252 e. The van der Waals surface area contributed by atoms with Gasteiger partial charge < -0.3 is 10.4 Å². The summed E-state index contributed by atoms with van der Waals surface area (Å²) < 4.78 is 13.4. The zero-order valence-electron chi connectivity index (χ0n) is 13.9. The molecule has 4 nitrogen and oxygen atoms in total. The Kier molecular flexibility index (Phi) is 4.81. The predicted octanol–water partition coefficient (Wildman–Crippen LogP) is 3.50. The van der Waals surface area contributed by atoms with Crippen molar-refractivity contribution < 1.29 is 14.3 Å². The Balaban J connectivity index is 1.81. The highest BCUT2D eigenvalue weighted by Crippen LogP contribution is 2.26. The Hall–Kier alpha value is -2.01. The molecular formula is C19H23FN2O2. The molecule has 1 aliphatic rings. The summed E-state index contributed by atoms with van der Waals surface area (Å²) in [5, 5.41) is 14.2. The first kappa shape index (κ1) is 16.8. The number of hydrogen-bond acceptors (Lipinski definition) is 3. The number of carbonyl (C=O) groups excluding carboxylic acids is 1. The van der Waals surface area contributed by atoms with E-state index in [2.05, 4.69) is 10.3 Å². The van der Waals surface area contributed by atoms with Crippen molar-refractivity contribution in [3.05, 3.63) is 41.3 Å². The van der Waals surface area contributed by atoms with Gasteiger partial charge in [-0.1, -0.05) is 25.7 Å². The molecule has 2 aromatic rings. The van der Waals surface area contributed by atoms with Crippen LogP contribution in [0.25, 0.3) is 10.9 Å². The van der Waals surface area contributed by atoms with Crippen molar-refractivity contribution >= 4 is 16.8 Å². The number of rotatable bonds is 3. The van der Waals surface area contributed by atoms with Crippen LogP contribution in [0.1, 0.15) is 54.6 Å². The monoisotopic (exact) mass is 330 g/mol. The number of hydrogen-bond donors (Lipinski definition) is 2. The third-order valence-corrected chi connectivity index (χ3v) is 4.76. The highest BCUT2D eigenvalue weighted by atomic mass is 19.1. The summed E-state index contributed by atoms with van der Waals surface area (Å²) in [5.41, 5.74) is 0.769. The van der Waals surface area contributed by atoms with Crippen LogP contribution in [0.3, 0.4) is 0 Å². The van der Waals surface area contributed by atoms with E-state index in [0.29, 0.717) is 35.0 Å². The largest absolute Gasteiger partial charge is 0.388 e. The summed E-state index contributed by atoms with van der Waals surface area (Å²) in [5.74, 6) is -0.630. The Morgan fingerprint density at radius 1 is 1.25 bits per heavy atom. The summed E-state index contributed by atoms with van der Waals surface area (Å²) in [7, 11) is 0. The van der Waals surface area contributed by atoms with Crippen LogP contribution in [-0.2, 0) is 0 Å². The molecule has 1 aliphatic carbocycles. The molecule has 1 heterocycles. The molecule has 1 aromatic carbocycles. The first-order chi connectivity index (χ1) is 11.5. The van der Waals surface area contributed by atoms with E-state index in [4.69, 9.17) is 0 Å². The summed E-state index contributed by atoms with van der Waals surface area (Å²) in [6, 6.07) is 5.94. The summed E-state index contributed by atoms with van der Waals surface area (Å²) >= 11 is 0. The zero-order valence-corrected chi connectivity index (χ0v) is 13.9. The summed E-state index contributed by atoms with van der Waals surface area (Å²) in [6.07, 6.45) is 5.68. The van der Waals surface area contributed by atoms with Crippen LogP contribution in [0.2, 0.25) is 0 Å². The highest BCUT2D eigenvalue weighted by Gasteiger charge is 2.28. The number of pyridine rings is 1. The van der Waals surface area contributed by atoms with E-state index < -0.39 is 5.60 Å². The van der Waals surface area contributed by atoms with Crippen molar-refractivity contribution in [3.8, 4) is 0 Å². The maximum absolute atomic E-state index is 13.4. The molecule has 1 aromatic heterocycles. The molecule has 1 fully saturated rings. The van der Waals surface area contributed by atoms with Crippen LogP contribution in [-0.4, -0.2) is 28.1 Å². The normalized spacial score (nSPS) is 17.5. The molecule has 24 heavy (non-hydrogen) atoms. The lowest BCUT2D eigenvalue weighted by atomic mass is 9.94. The minimum absolute atomic E-state index is 0.246. The first-order valence-electron chi connectivity index (χ1n) is 8.54. The fourth-order valence-corrected chi connectivity index (χ4v) is 3.43. The van der Waals surface area contributed by atoms with Crippen molar-refractivity contribution in [2.75, 3.05) is 6.54 Å². The van der Waals surface area contributed by atoms with Crippen molar-refractivity contribution in [1.82, 2.24) is 10.3 Å². The topological polar surface area (TPSA) is 62.2 Å². The third kappa shape index (κ3) is 3.73. The minimum Gasteiger partial charge on any atom is -0.388 e. The van der Waals surface area contributed by atoms with Gasteiger partial charge in [0.05, 0.1) is 16.7 Å². The van der Waals surface area contributed by atoms with Gasteiger partial charge in [0.1, 0.15) is 5.82 Å².